The number of nitrogens with zero attached hydrogens (tertiary/aromatic N) is 3. The van der Waals surface area contributed by atoms with Gasteiger partial charge in [-0.05, 0) is 138 Å². The quantitative estimate of drug-likeness (QED) is 0.175. The fraction of sp³-hybridized carbons (Fsp3) is 0.143. The number of phenols is 1. The van der Waals surface area contributed by atoms with Crippen molar-refractivity contribution in [3.63, 3.8) is 0 Å². The molecule has 0 unspecified atom stereocenters. The van der Waals surface area contributed by atoms with Gasteiger partial charge in [0.2, 0.25) is 0 Å². The third-order valence-corrected chi connectivity index (χ3v) is 11.3. The zero-order chi connectivity index (χ0) is 46.7. The van der Waals surface area contributed by atoms with Crippen LogP contribution < -0.4 is 0 Å². The highest BCUT2D eigenvalue weighted by molar-refractivity contribution is 5.98. The van der Waals surface area contributed by atoms with E-state index < -0.39 is 13.7 Å². The van der Waals surface area contributed by atoms with Gasteiger partial charge in [-0.15, -0.1) is 0 Å². The topological polar surface area (TPSA) is 50.9 Å². The van der Waals surface area contributed by atoms with Crippen LogP contribution in [0.2, 0.25) is 0 Å². The van der Waals surface area contributed by atoms with Crippen LogP contribution in [0.4, 0.5) is 0 Å². The van der Waals surface area contributed by atoms with E-state index in [1.54, 1.807) is 30.5 Å². The van der Waals surface area contributed by atoms with Gasteiger partial charge in [0.05, 0.1) is 28.0 Å². The number of hydrogen-bond acceptors (Lipinski definition) is 3. The van der Waals surface area contributed by atoms with E-state index in [9.17, 15) is 5.11 Å². The number of pyridine rings is 1. The molecule has 0 bridgehead atoms. The average molecular weight is 786 g/mol. The van der Waals surface area contributed by atoms with Crippen molar-refractivity contribution < 1.29 is 13.3 Å². The standard InChI is InChI=1S/C56H49N3O/c1-35-16-19-40(20-17-35)42-26-27-57-50(34-42)45-32-43(39-12-9-8-10-13-39)31-44(33-45)47-14-11-15-52-53(47)58-55(49-30-37(3)28-38(4)54(49)60)59(52)51-25-18-36(2)29-48(51)41-21-23-46(24-22-41)56(5,6)7/h8-34,60H,1-7H3/i1D3,2D3. The number of fused-ring (bicyclic) bond motifs is 1. The maximum atomic E-state index is 11.8. The van der Waals surface area contributed by atoms with Crippen LogP contribution in [-0.2, 0) is 5.41 Å². The molecule has 0 aliphatic rings. The number of aromatic nitrogens is 3. The predicted octanol–water partition coefficient (Wildman–Crippen LogP) is 14.7. The first-order valence-electron chi connectivity index (χ1n) is 23.2. The van der Waals surface area contributed by atoms with Gasteiger partial charge >= 0.3 is 0 Å². The van der Waals surface area contributed by atoms with Crippen LogP contribution in [0.15, 0.2) is 164 Å². The molecule has 7 aromatic carbocycles. The molecule has 294 valence electrons. The second-order valence-electron chi connectivity index (χ2n) is 16.7. The number of aryl methyl sites for hydroxylation is 4. The molecule has 0 aliphatic carbocycles. The molecule has 0 radical (unpaired) electrons. The zero-order valence-corrected chi connectivity index (χ0v) is 34.4. The van der Waals surface area contributed by atoms with Gasteiger partial charge < -0.3 is 5.11 Å². The van der Waals surface area contributed by atoms with E-state index in [0.29, 0.717) is 33.7 Å². The summed E-state index contributed by atoms with van der Waals surface area (Å²) in [7, 11) is 0. The van der Waals surface area contributed by atoms with Crippen molar-refractivity contribution >= 4 is 11.0 Å². The maximum absolute atomic E-state index is 11.8. The lowest BCUT2D eigenvalue weighted by molar-refractivity contribution is 0.472. The van der Waals surface area contributed by atoms with Gasteiger partial charge in [0.15, 0.2) is 0 Å². The van der Waals surface area contributed by atoms with E-state index in [2.05, 4.69) is 69.3 Å². The number of aromatic hydroxyl groups is 1. The largest absolute Gasteiger partial charge is 0.507 e. The Bertz CT molecular complexity index is 3270. The van der Waals surface area contributed by atoms with Gasteiger partial charge in [0.1, 0.15) is 11.6 Å². The molecule has 0 aliphatic heterocycles. The SMILES string of the molecule is [2H]C([2H])([2H])c1ccc(-c2ccnc(-c3cc(-c4ccccc4)cc(-c4cccc5c4nc(-c4cc(C)cc(C)c4O)n5-c4ccc(C([2H])([2H])[2H])cc4-c4ccc(C(C)(C)C)cc4)c3)c2)cc1. The molecule has 4 nitrogen and oxygen atoms in total. The molecule has 9 rings (SSSR count). The molecule has 0 spiro atoms. The van der Waals surface area contributed by atoms with Gasteiger partial charge in [0, 0.05) is 31.1 Å². The highest BCUT2D eigenvalue weighted by Gasteiger charge is 2.24. The molecule has 0 saturated carbocycles. The summed E-state index contributed by atoms with van der Waals surface area (Å²) in [6, 6.07) is 51.0. The minimum Gasteiger partial charge on any atom is -0.507 e. The number of imidazole rings is 1. The summed E-state index contributed by atoms with van der Waals surface area (Å²) in [6.07, 6.45) is 1.77. The van der Waals surface area contributed by atoms with Crippen LogP contribution in [0, 0.1) is 27.6 Å². The molecule has 2 aromatic heterocycles. The third kappa shape index (κ3) is 7.30. The van der Waals surface area contributed by atoms with Gasteiger partial charge in [-0.3, -0.25) is 9.55 Å². The van der Waals surface area contributed by atoms with E-state index in [1.807, 2.05) is 103 Å². The molecule has 0 fully saturated rings. The smallest absolute Gasteiger partial charge is 0.149 e. The lowest BCUT2D eigenvalue weighted by Crippen LogP contribution is -2.10. The first kappa shape index (κ1) is 31.9. The second-order valence-corrected chi connectivity index (χ2v) is 16.7. The van der Waals surface area contributed by atoms with E-state index in [-0.39, 0.29) is 22.3 Å². The minimum atomic E-state index is -2.35. The van der Waals surface area contributed by atoms with Crippen LogP contribution in [-0.4, -0.2) is 19.6 Å². The lowest BCUT2D eigenvalue weighted by atomic mass is 9.86. The lowest BCUT2D eigenvalue weighted by Gasteiger charge is -2.20. The number of para-hydroxylation sites is 1. The predicted molar refractivity (Wildman–Crippen MR) is 251 cm³/mol. The highest BCUT2D eigenvalue weighted by Crippen LogP contribution is 2.43. The highest BCUT2D eigenvalue weighted by atomic mass is 16.3. The maximum Gasteiger partial charge on any atom is 0.149 e. The van der Waals surface area contributed by atoms with Crippen LogP contribution in [0.3, 0.4) is 0 Å². The first-order chi connectivity index (χ1) is 31.3. The minimum absolute atomic E-state index is 0.0850. The molecule has 9 aromatic rings. The van der Waals surface area contributed by atoms with Crippen molar-refractivity contribution in [2.24, 2.45) is 0 Å². The summed E-state index contributed by atoms with van der Waals surface area (Å²) in [6.45, 7) is 5.82. The van der Waals surface area contributed by atoms with Crippen molar-refractivity contribution in [1.29, 1.82) is 0 Å². The summed E-state index contributed by atoms with van der Waals surface area (Å²) in [5, 5.41) is 11.8. The summed E-state index contributed by atoms with van der Waals surface area (Å²) in [5.41, 5.74) is 14.6. The zero-order valence-electron chi connectivity index (χ0n) is 40.4. The van der Waals surface area contributed by atoms with Crippen molar-refractivity contribution in [2.45, 2.75) is 53.7 Å². The monoisotopic (exact) mass is 785 g/mol. The van der Waals surface area contributed by atoms with Crippen LogP contribution in [0.5, 0.6) is 5.75 Å². The molecule has 1 N–H and O–H groups in total. The fourth-order valence-electron chi connectivity index (χ4n) is 8.16. The molecule has 4 heteroatoms. The first-order valence-corrected chi connectivity index (χ1v) is 20.2. The Morgan fingerprint density at radius 2 is 1.22 bits per heavy atom. The van der Waals surface area contributed by atoms with E-state index in [0.717, 1.165) is 66.8 Å². The number of rotatable bonds is 7. The van der Waals surface area contributed by atoms with Crippen molar-refractivity contribution in [3.8, 4) is 78.6 Å². The van der Waals surface area contributed by atoms with Crippen molar-refractivity contribution in [2.75, 3.05) is 0 Å². The summed E-state index contributed by atoms with van der Waals surface area (Å²) in [5.74, 6) is 0.621. The van der Waals surface area contributed by atoms with Crippen molar-refractivity contribution in [3.05, 3.63) is 192 Å². The van der Waals surface area contributed by atoms with E-state index >= 15 is 0 Å². The van der Waals surface area contributed by atoms with Crippen molar-refractivity contribution in [1.82, 2.24) is 14.5 Å². The number of hydrogen-bond donors (Lipinski definition) is 1. The second kappa shape index (κ2) is 15.3. The molecular weight excluding hydrogens is 731 g/mol. The van der Waals surface area contributed by atoms with E-state index in [1.165, 1.54) is 0 Å². The molecule has 0 saturated heterocycles. The van der Waals surface area contributed by atoms with Crippen LogP contribution >= 0.6 is 0 Å². The Balaban J connectivity index is 1.29. The Labute approximate surface area is 362 Å². The molecule has 0 atom stereocenters. The van der Waals surface area contributed by atoms with Crippen LogP contribution in [0.1, 0.15) is 56.8 Å². The number of phenolic OH excluding ortho intramolecular Hbond substituents is 1. The fourth-order valence-corrected chi connectivity index (χ4v) is 8.16. The Hall–Kier alpha value is -7.04. The van der Waals surface area contributed by atoms with Gasteiger partial charge in [-0.1, -0.05) is 135 Å². The average Bonchev–Trinajstić information content (AvgIpc) is 3.69. The normalized spacial score (nSPS) is 13.6. The third-order valence-electron chi connectivity index (χ3n) is 11.3. The molecule has 2 heterocycles. The summed E-state index contributed by atoms with van der Waals surface area (Å²) in [4.78, 5) is 10.3. The molecule has 0 amide bonds. The summed E-state index contributed by atoms with van der Waals surface area (Å²) >= 11 is 0. The van der Waals surface area contributed by atoms with Crippen LogP contribution in [0.25, 0.3) is 83.9 Å². The van der Waals surface area contributed by atoms with Gasteiger partial charge in [0.25, 0.3) is 0 Å². The Morgan fingerprint density at radius 3 is 1.97 bits per heavy atom. The molecule has 60 heavy (non-hydrogen) atoms. The number of benzene rings is 7. The van der Waals surface area contributed by atoms with Gasteiger partial charge in [-0.25, -0.2) is 4.98 Å². The summed E-state index contributed by atoms with van der Waals surface area (Å²) < 4.78 is 50.8. The van der Waals surface area contributed by atoms with E-state index in [4.69, 9.17) is 18.2 Å². The van der Waals surface area contributed by atoms with Gasteiger partial charge in [-0.2, -0.15) is 0 Å². The Morgan fingerprint density at radius 1 is 0.533 bits per heavy atom. The molecular formula is C56H49N3O. The Kier molecular flexibility index (Phi) is 8.12.